The molecule has 34 heavy (non-hydrogen) atoms. The van der Waals surface area contributed by atoms with Crippen molar-refractivity contribution in [3.63, 3.8) is 0 Å². The molecule has 1 aliphatic heterocycles. The molecule has 0 radical (unpaired) electrons. The SMILES string of the molecule is C=C(CCCN1CCC(CCCC)C(C2C=CC=C(C)C2C)C1)c1ccc(C)cc1.CC.CC. The molecule has 192 valence electrons. The molecule has 4 unspecified atom stereocenters. The summed E-state index contributed by atoms with van der Waals surface area (Å²) in [4.78, 5) is 2.75. The molecule has 0 amide bonds. The van der Waals surface area contributed by atoms with Crippen LogP contribution in [0.4, 0.5) is 0 Å². The van der Waals surface area contributed by atoms with E-state index in [9.17, 15) is 0 Å². The number of rotatable bonds is 9. The maximum absolute atomic E-state index is 4.36. The van der Waals surface area contributed by atoms with E-state index in [-0.39, 0.29) is 0 Å². The summed E-state index contributed by atoms with van der Waals surface area (Å²) in [6.07, 6.45) is 15.0. The zero-order valence-corrected chi connectivity index (χ0v) is 23.9. The fourth-order valence-corrected chi connectivity index (χ4v) is 5.49. The summed E-state index contributed by atoms with van der Waals surface area (Å²) in [5.41, 5.74) is 5.47. The number of unbranched alkanes of at least 4 members (excludes halogenated alkanes) is 1. The van der Waals surface area contributed by atoms with E-state index >= 15 is 0 Å². The summed E-state index contributed by atoms with van der Waals surface area (Å²) in [5, 5.41) is 0. The number of hydrogen-bond donors (Lipinski definition) is 0. The highest BCUT2D eigenvalue weighted by Crippen LogP contribution is 2.40. The molecule has 0 spiro atoms. The normalized spacial score (nSPS) is 24.3. The first-order valence-electron chi connectivity index (χ1n) is 14.3. The third-order valence-electron chi connectivity index (χ3n) is 7.71. The Labute approximate surface area is 213 Å². The van der Waals surface area contributed by atoms with Gasteiger partial charge < -0.3 is 4.90 Å². The van der Waals surface area contributed by atoms with E-state index in [1.807, 2.05) is 27.7 Å². The van der Waals surface area contributed by atoms with Crippen molar-refractivity contribution in [3.8, 4) is 0 Å². The molecule has 0 saturated carbocycles. The summed E-state index contributed by atoms with van der Waals surface area (Å²) in [5.74, 6) is 3.10. The van der Waals surface area contributed by atoms with Crippen LogP contribution >= 0.6 is 0 Å². The predicted octanol–water partition coefficient (Wildman–Crippen LogP) is 9.74. The van der Waals surface area contributed by atoms with Crippen LogP contribution in [-0.2, 0) is 0 Å². The lowest BCUT2D eigenvalue weighted by atomic mass is 9.68. The molecule has 1 heteroatoms. The first-order valence-corrected chi connectivity index (χ1v) is 14.3. The van der Waals surface area contributed by atoms with Crippen LogP contribution < -0.4 is 0 Å². The predicted molar refractivity (Wildman–Crippen MR) is 155 cm³/mol. The molecule has 1 fully saturated rings. The largest absolute Gasteiger partial charge is 0.303 e. The van der Waals surface area contributed by atoms with E-state index in [1.54, 1.807) is 5.57 Å². The van der Waals surface area contributed by atoms with Gasteiger partial charge in [0.05, 0.1) is 0 Å². The average molecular weight is 466 g/mol. The Hall–Kier alpha value is -1.60. The second kappa shape index (κ2) is 16.9. The standard InChI is InChI=1S/C29H43N.2C2H6/c1-6-7-12-27-18-20-30(21-29(27)28-13-8-10-23(3)25(28)5)19-9-11-24(4)26-16-14-22(2)15-17-26;2*1-2/h8,10,13-17,25,27-29H,4,6-7,9,11-12,18-21H2,1-3,5H3;2*1-2H3. The van der Waals surface area contributed by atoms with Crippen LogP contribution in [0.3, 0.4) is 0 Å². The van der Waals surface area contributed by atoms with Gasteiger partial charge in [-0.2, -0.15) is 0 Å². The van der Waals surface area contributed by atoms with Gasteiger partial charge >= 0.3 is 0 Å². The maximum Gasteiger partial charge on any atom is 0.00182 e. The van der Waals surface area contributed by atoms with Crippen molar-refractivity contribution in [1.82, 2.24) is 4.90 Å². The Morgan fingerprint density at radius 3 is 2.35 bits per heavy atom. The average Bonchev–Trinajstić information content (AvgIpc) is 2.87. The fourth-order valence-electron chi connectivity index (χ4n) is 5.49. The number of piperidine rings is 1. The molecule has 1 nitrogen and oxygen atoms in total. The van der Waals surface area contributed by atoms with Crippen molar-refractivity contribution in [1.29, 1.82) is 0 Å². The quantitative estimate of drug-likeness (QED) is 0.351. The van der Waals surface area contributed by atoms with Crippen LogP contribution in [0, 0.1) is 30.6 Å². The van der Waals surface area contributed by atoms with Crippen molar-refractivity contribution in [2.24, 2.45) is 23.7 Å². The number of benzene rings is 1. The first kappa shape index (κ1) is 30.4. The maximum atomic E-state index is 4.36. The third kappa shape index (κ3) is 9.21. The molecule has 0 N–H and O–H groups in total. The molecule has 0 aromatic heterocycles. The number of nitrogens with zero attached hydrogens (tertiary/aromatic N) is 1. The lowest BCUT2D eigenvalue weighted by molar-refractivity contribution is 0.0732. The minimum atomic E-state index is 0.686. The molecule has 3 rings (SSSR count). The van der Waals surface area contributed by atoms with Crippen molar-refractivity contribution in [2.45, 2.75) is 93.9 Å². The van der Waals surface area contributed by atoms with Gasteiger partial charge in [-0.05, 0) is 81.0 Å². The molecule has 1 aliphatic carbocycles. The molecular weight excluding hydrogens is 410 g/mol. The number of likely N-dealkylation sites (tertiary alicyclic amines) is 1. The molecular formula is C33H55N. The first-order chi connectivity index (χ1) is 16.5. The molecule has 1 heterocycles. The molecule has 4 atom stereocenters. The zero-order chi connectivity index (χ0) is 25.5. The van der Waals surface area contributed by atoms with Crippen LogP contribution in [-0.4, -0.2) is 24.5 Å². The Bertz CT molecular complexity index is 738. The highest BCUT2D eigenvalue weighted by atomic mass is 15.1. The van der Waals surface area contributed by atoms with E-state index in [2.05, 4.69) is 81.7 Å². The smallest absolute Gasteiger partial charge is 0.00182 e. The minimum absolute atomic E-state index is 0.686. The molecule has 0 bridgehead atoms. The van der Waals surface area contributed by atoms with Crippen LogP contribution in [0.25, 0.3) is 5.57 Å². The summed E-state index contributed by atoms with van der Waals surface area (Å²) in [7, 11) is 0. The van der Waals surface area contributed by atoms with Crippen LogP contribution in [0.1, 0.15) is 98.1 Å². The minimum Gasteiger partial charge on any atom is -0.303 e. The molecule has 1 aromatic carbocycles. The van der Waals surface area contributed by atoms with Gasteiger partial charge in [0.2, 0.25) is 0 Å². The van der Waals surface area contributed by atoms with Crippen molar-refractivity contribution < 1.29 is 0 Å². The van der Waals surface area contributed by atoms with Gasteiger partial charge in [0.15, 0.2) is 0 Å². The number of hydrogen-bond acceptors (Lipinski definition) is 1. The van der Waals surface area contributed by atoms with Crippen molar-refractivity contribution in [3.05, 3.63) is 65.8 Å². The fraction of sp³-hybridized carbons (Fsp3) is 0.636. The zero-order valence-electron chi connectivity index (χ0n) is 23.9. The van der Waals surface area contributed by atoms with E-state index in [4.69, 9.17) is 0 Å². The molecule has 1 aromatic rings. The second-order valence-corrected chi connectivity index (χ2v) is 9.89. The Balaban J connectivity index is 0.00000137. The Morgan fingerprint density at radius 1 is 1.03 bits per heavy atom. The van der Waals surface area contributed by atoms with Gasteiger partial charge in [-0.1, -0.05) is 121 Å². The number of aryl methyl sites for hydroxylation is 1. The second-order valence-electron chi connectivity index (χ2n) is 9.89. The highest BCUT2D eigenvalue weighted by Gasteiger charge is 2.36. The lowest BCUT2D eigenvalue weighted by Crippen LogP contribution is -2.45. The van der Waals surface area contributed by atoms with Crippen molar-refractivity contribution in [2.75, 3.05) is 19.6 Å². The summed E-state index contributed by atoms with van der Waals surface area (Å²) in [6, 6.07) is 8.84. The van der Waals surface area contributed by atoms with E-state index in [1.165, 1.54) is 68.4 Å². The van der Waals surface area contributed by atoms with Gasteiger partial charge in [-0.3, -0.25) is 0 Å². The molecule has 1 saturated heterocycles. The van der Waals surface area contributed by atoms with E-state index in [0.717, 1.165) is 18.3 Å². The number of allylic oxidation sites excluding steroid dienone is 5. The summed E-state index contributed by atoms with van der Waals surface area (Å²) >= 11 is 0. The van der Waals surface area contributed by atoms with Crippen molar-refractivity contribution >= 4 is 5.57 Å². The topological polar surface area (TPSA) is 3.24 Å². The van der Waals surface area contributed by atoms with Gasteiger partial charge in [0.1, 0.15) is 0 Å². The van der Waals surface area contributed by atoms with Crippen LogP contribution in [0.15, 0.2) is 54.6 Å². The highest BCUT2D eigenvalue weighted by molar-refractivity contribution is 5.63. The lowest BCUT2D eigenvalue weighted by Gasteiger charge is -2.44. The molecule has 2 aliphatic rings. The van der Waals surface area contributed by atoms with Gasteiger partial charge in [-0.15, -0.1) is 0 Å². The van der Waals surface area contributed by atoms with E-state index < -0.39 is 0 Å². The summed E-state index contributed by atoms with van der Waals surface area (Å²) < 4.78 is 0. The Kier molecular flexibility index (Phi) is 15.2. The van der Waals surface area contributed by atoms with Gasteiger partial charge in [0.25, 0.3) is 0 Å². The van der Waals surface area contributed by atoms with Crippen LogP contribution in [0.2, 0.25) is 0 Å². The monoisotopic (exact) mass is 465 g/mol. The van der Waals surface area contributed by atoms with Gasteiger partial charge in [0, 0.05) is 6.54 Å². The van der Waals surface area contributed by atoms with Crippen LogP contribution in [0.5, 0.6) is 0 Å². The Morgan fingerprint density at radius 2 is 1.71 bits per heavy atom. The van der Waals surface area contributed by atoms with E-state index in [0.29, 0.717) is 11.8 Å². The third-order valence-corrected chi connectivity index (χ3v) is 7.71. The summed E-state index contributed by atoms with van der Waals surface area (Å²) in [6.45, 7) is 25.4. The van der Waals surface area contributed by atoms with Gasteiger partial charge in [-0.25, -0.2) is 0 Å².